The molecule has 1 atom stereocenters. The second kappa shape index (κ2) is 7.63. The fourth-order valence-corrected chi connectivity index (χ4v) is 3.04. The molecule has 138 valence electrons. The molecule has 2 aromatic rings. The van der Waals surface area contributed by atoms with Crippen LogP contribution < -0.4 is 10.9 Å². The van der Waals surface area contributed by atoms with Crippen LogP contribution >= 0.6 is 0 Å². The lowest BCUT2D eigenvalue weighted by atomic mass is 10.1. The summed E-state index contributed by atoms with van der Waals surface area (Å²) < 4.78 is 27.5. The van der Waals surface area contributed by atoms with Gasteiger partial charge in [-0.3, -0.25) is 9.59 Å². The molecule has 6 nitrogen and oxygen atoms in total. The van der Waals surface area contributed by atoms with Gasteiger partial charge in [0.1, 0.15) is 6.54 Å². The number of amides is 1. The van der Waals surface area contributed by atoms with E-state index in [1.54, 1.807) is 17.9 Å². The van der Waals surface area contributed by atoms with E-state index in [0.29, 0.717) is 24.5 Å². The predicted octanol–water partition coefficient (Wildman–Crippen LogP) is 1.93. The van der Waals surface area contributed by atoms with Crippen LogP contribution in [0.1, 0.15) is 18.5 Å². The van der Waals surface area contributed by atoms with Gasteiger partial charge in [0.2, 0.25) is 5.91 Å². The molecule has 3 rings (SSSR count). The molecular formula is C18H20F2N4O2. The highest BCUT2D eigenvalue weighted by atomic mass is 19.2. The van der Waals surface area contributed by atoms with Gasteiger partial charge in [-0.05, 0) is 38.0 Å². The molecule has 1 aromatic carbocycles. The van der Waals surface area contributed by atoms with Crippen molar-refractivity contribution < 1.29 is 13.6 Å². The molecule has 0 spiro atoms. The first-order valence-corrected chi connectivity index (χ1v) is 8.46. The van der Waals surface area contributed by atoms with Crippen LogP contribution in [0.2, 0.25) is 0 Å². The van der Waals surface area contributed by atoms with E-state index in [-0.39, 0.29) is 24.1 Å². The number of rotatable bonds is 4. The van der Waals surface area contributed by atoms with Gasteiger partial charge in [-0.1, -0.05) is 0 Å². The molecule has 1 aliphatic rings. The van der Waals surface area contributed by atoms with Crippen molar-refractivity contribution in [3.8, 4) is 0 Å². The van der Waals surface area contributed by atoms with Crippen molar-refractivity contribution in [2.75, 3.05) is 18.4 Å². The largest absolute Gasteiger partial charge is 0.380 e. The zero-order valence-electron chi connectivity index (χ0n) is 14.4. The molecule has 1 saturated heterocycles. The minimum absolute atomic E-state index is 0.0697. The van der Waals surface area contributed by atoms with Gasteiger partial charge in [-0.25, -0.2) is 13.5 Å². The first kappa shape index (κ1) is 18.0. The first-order chi connectivity index (χ1) is 12.4. The third-order valence-corrected chi connectivity index (χ3v) is 4.35. The number of benzene rings is 1. The van der Waals surface area contributed by atoms with Gasteiger partial charge in [-0.2, -0.15) is 5.10 Å². The van der Waals surface area contributed by atoms with Gasteiger partial charge in [-0.15, -0.1) is 0 Å². The van der Waals surface area contributed by atoms with Gasteiger partial charge in [0.15, 0.2) is 11.6 Å². The van der Waals surface area contributed by atoms with Crippen molar-refractivity contribution in [2.24, 2.45) is 0 Å². The Morgan fingerprint density at radius 2 is 2.08 bits per heavy atom. The summed E-state index contributed by atoms with van der Waals surface area (Å²) in [5, 5.41) is 7.21. The minimum Gasteiger partial charge on any atom is -0.380 e. The fourth-order valence-electron chi connectivity index (χ4n) is 3.04. The summed E-state index contributed by atoms with van der Waals surface area (Å²) in [5.74, 6) is -2.00. The first-order valence-electron chi connectivity index (χ1n) is 8.46. The number of halogens is 2. The molecule has 1 unspecified atom stereocenters. The van der Waals surface area contributed by atoms with E-state index in [9.17, 15) is 18.4 Å². The standard InChI is InChI=1S/C18H20F2N4O2/c1-12-4-7-17(25)24(22-12)11-18(26)23-8-2-3-14(10-23)21-13-5-6-15(19)16(20)9-13/h4-7,9,14,21H,2-3,8,10-11H2,1H3. The molecule has 0 radical (unpaired) electrons. The number of hydrogen-bond acceptors (Lipinski definition) is 4. The zero-order chi connectivity index (χ0) is 18.7. The van der Waals surface area contributed by atoms with Crippen LogP contribution in [-0.2, 0) is 11.3 Å². The monoisotopic (exact) mass is 362 g/mol. The van der Waals surface area contributed by atoms with Gasteiger partial charge in [0.25, 0.3) is 5.56 Å². The van der Waals surface area contributed by atoms with Crippen LogP contribution in [0.3, 0.4) is 0 Å². The smallest absolute Gasteiger partial charge is 0.267 e. The molecule has 1 N–H and O–H groups in total. The quantitative estimate of drug-likeness (QED) is 0.903. The summed E-state index contributed by atoms with van der Waals surface area (Å²) >= 11 is 0. The number of likely N-dealkylation sites (tertiary alicyclic amines) is 1. The maximum atomic E-state index is 13.3. The van der Waals surface area contributed by atoms with Gasteiger partial charge >= 0.3 is 0 Å². The Morgan fingerprint density at radius 1 is 1.27 bits per heavy atom. The molecule has 8 heteroatoms. The maximum absolute atomic E-state index is 13.3. The van der Waals surface area contributed by atoms with Crippen LogP contribution in [0.4, 0.5) is 14.5 Å². The zero-order valence-corrected chi connectivity index (χ0v) is 14.4. The Hall–Kier alpha value is -2.77. The molecule has 2 heterocycles. The minimum atomic E-state index is -0.913. The van der Waals surface area contributed by atoms with Gasteiger partial charge < -0.3 is 10.2 Å². The van der Waals surface area contributed by atoms with Crippen LogP contribution in [0, 0.1) is 18.6 Å². The average molecular weight is 362 g/mol. The lowest BCUT2D eigenvalue weighted by Gasteiger charge is -2.33. The van der Waals surface area contributed by atoms with Crippen molar-refractivity contribution in [3.63, 3.8) is 0 Å². The Balaban J connectivity index is 1.64. The van der Waals surface area contributed by atoms with Crippen LogP contribution in [0.5, 0.6) is 0 Å². The van der Waals surface area contributed by atoms with E-state index in [4.69, 9.17) is 0 Å². The lowest BCUT2D eigenvalue weighted by molar-refractivity contribution is -0.133. The fraction of sp³-hybridized carbons (Fsp3) is 0.389. The van der Waals surface area contributed by atoms with Crippen molar-refractivity contribution in [2.45, 2.75) is 32.4 Å². The van der Waals surface area contributed by atoms with Gasteiger partial charge in [0.05, 0.1) is 5.69 Å². The number of nitrogens with zero attached hydrogens (tertiary/aromatic N) is 3. The Bertz CT molecular complexity index is 869. The average Bonchev–Trinajstić information content (AvgIpc) is 2.61. The van der Waals surface area contributed by atoms with Crippen LogP contribution in [0.25, 0.3) is 0 Å². The Labute approximate surface area is 149 Å². The number of nitrogens with one attached hydrogen (secondary N) is 1. The Kier molecular flexibility index (Phi) is 5.29. The number of hydrogen-bond donors (Lipinski definition) is 1. The lowest BCUT2D eigenvalue weighted by Crippen LogP contribution is -2.47. The predicted molar refractivity (Wildman–Crippen MR) is 92.8 cm³/mol. The second-order valence-corrected chi connectivity index (χ2v) is 6.42. The van der Waals surface area contributed by atoms with Crippen molar-refractivity contribution in [3.05, 3.63) is 58.0 Å². The molecule has 1 amide bonds. The third-order valence-electron chi connectivity index (χ3n) is 4.35. The summed E-state index contributed by atoms with van der Waals surface area (Å²) in [5.41, 5.74) is 0.811. The van der Waals surface area contributed by atoms with E-state index in [1.165, 1.54) is 12.1 Å². The molecule has 1 aliphatic heterocycles. The number of carbonyl (C=O) groups excluding carboxylic acids is 1. The molecular weight excluding hydrogens is 342 g/mol. The molecule has 0 saturated carbocycles. The number of aryl methyl sites for hydroxylation is 1. The summed E-state index contributed by atoms with van der Waals surface area (Å²) in [7, 11) is 0. The van der Waals surface area contributed by atoms with Crippen LogP contribution in [0.15, 0.2) is 35.1 Å². The Morgan fingerprint density at radius 3 is 2.85 bits per heavy atom. The normalized spacial score (nSPS) is 17.2. The summed E-state index contributed by atoms with van der Waals surface area (Å²) in [6.45, 7) is 2.66. The second-order valence-electron chi connectivity index (χ2n) is 6.42. The molecule has 0 aliphatic carbocycles. The molecule has 1 aromatic heterocycles. The third kappa shape index (κ3) is 4.25. The molecule has 1 fully saturated rings. The van der Waals surface area contributed by atoms with Crippen molar-refractivity contribution in [1.82, 2.24) is 14.7 Å². The number of aromatic nitrogens is 2. The topological polar surface area (TPSA) is 67.2 Å². The van der Waals surface area contributed by atoms with E-state index < -0.39 is 11.6 Å². The van der Waals surface area contributed by atoms with Gasteiger partial charge in [0, 0.05) is 37.0 Å². The highest BCUT2D eigenvalue weighted by Crippen LogP contribution is 2.18. The maximum Gasteiger partial charge on any atom is 0.267 e. The van der Waals surface area contributed by atoms with E-state index in [2.05, 4.69) is 10.4 Å². The van der Waals surface area contributed by atoms with Crippen molar-refractivity contribution in [1.29, 1.82) is 0 Å². The van der Waals surface area contributed by atoms with Crippen LogP contribution in [-0.4, -0.2) is 39.7 Å². The highest BCUT2D eigenvalue weighted by Gasteiger charge is 2.24. The van der Waals surface area contributed by atoms with Crippen molar-refractivity contribution >= 4 is 11.6 Å². The summed E-state index contributed by atoms with van der Waals surface area (Å²) in [6.07, 6.45) is 1.59. The highest BCUT2D eigenvalue weighted by molar-refractivity contribution is 5.76. The number of piperidine rings is 1. The number of anilines is 1. The summed E-state index contributed by atoms with van der Waals surface area (Å²) in [6, 6.07) is 6.56. The van der Waals surface area contributed by atoms with E-state index in [0.717, 1.165) is 29.7 Å². The molecule has 26 heavy (non-hydrogen) atoms. The molecule has 0 bridgehead atoms. The number of carbonyl (C=O) groups is 1. The van der Waals surface area contributed by atoms with E-state index in [1.807, 2.05) is 0 Å². The summed E-state index contributed by atoms with van der Waals surface area (Å²) in [4.78, 5) is 26.0. The van der Waals surface area contributed by atoms with E-state index >= 15 is 0 Å². The SMILES string of the molecule is Cc1ccc(=O)n(CC(=O)N2CCCC(Nc3ccc(F)c(F)c3)C2)n1.